The minimum absolute atomic E-state index is 0.0223. The van der Waals surface area contributed by atoms with Gasteiger partial charge in [-0.25, -0.2) is 0 Å². The smallest absolute Gasteiger partial charge is 0.274 e. The molecule has 1 N–H and O–H groups in total. The number of ether oxygens (including phenoxy) is 1. The molecule has 0 aromatic carbocycles. The summed E-state index contributed by atoms with van der Waals surface area (Å²) in [5, 5.41) is 7.36. The van der Waals surface area contributed by atoms with Gasteiger partial charge in [0.05, 0.1) is 31.4 Å². The van der Waals surface area contributed by atoms with Crippen LogP contribution in [0.1, 0.15) is 27.3 Å². The molecule has 2 aromatic rings. The highest BCUT2D eigenvalue weighted by Crippen LogP contribution is 2.23. The van der Waals surface area contributed by atoms with Gasteiger partial charge in [0, 0.05) is 43.9 Å². The van der Waals surface area contributed by atoms with E-state index < -0.39 is 0 Å². The lowest BCUT2D eigenvalue weighted by molar-refractivity contribution is 0.0298. The number of aromatic nitrogens is 2. The van der Waals surface area contributed by atoms with Crippen molar-refractivity contribution in [1.82, 2.24) is 20.0 Å². The van der Waals surface area contributed by atoms with Crippen molar-refractivity contribution in [3.8, 4) is 0 Å². The molecule has 4 heterocycles. The van der Waals surface area contributed by atoms with Crippen molar-refractivity contribution >= 4 is 5.91 Å². The molecule has 0 atom stereocenters. The Labute approximate surface area is 134 Å². The molecule has 122 valence electrons. The zero-order chi connectivity index (χ0) is 15.6. The summed E-state index contributed by atoms with van der Waals surface area (Å²) in [5.41, 5.74) is 3.88. The van der Waals surface area contributed by atoms with Crippen LogP contribution in [0.3, 0.4) is 0 Å². The first-order chi connectivity index (χ1) is 11.3. The second-order valence-electron chi connectivity index (χ2n) is 6.03. The van der Waals surface area contributed by atoms with Gasteiger partial charge in [0.25, 0.3) is 5.91 Å². The van der Waals surface area contributed by atoms with E-state index in [1.54, 1.807) is 12.5 Å². The zero-order valence-electron chi connectivity index (χ0n) is 13.0. The molecule has 0 radical (unpaired) electrons. The number of nitrogens with one attached hydrogen (secondary N) is 1. The lowest BCUT2D eigenvalue weighted by Gasteiger charge is -2.28. The number of H-pyrrole nitrogens is 1. The number of hydrogen-bond donors (Lipinski definition) is 1. The summed E-state index contributed by atoms with van der Waals surface area (Å²) in [5.74, 6) is 0.0223. The molecule has 0 saturated carbocycles. The third-order valence-electron chi connectivity index (χ3n) is 4.50. The number of nitrogens with zero attached hydrogens (tertiary/aromatic N) is 3. The maximum absolute atomic E-state index is 12.6. The van der Waals surface area contributed by atoms with Crippen LogP contribution in [0.15, 0.2) is 23.0 Å². The highest BCUT2D eigenvalue weighted by atomic mass is 16.5. The monoisotopic (exact) mass is 316 g/mol. The SMILES string of the molecule is O=C(c1n[nH]c2c1CCN(Cc1ccoc1)C2)N1CCOCC1. The van der Waals surface area contributed by atoms with Crippen molar-refractivity contribution in [2.45, 2.75) is 19.5 Å². The van der Waals surface area contributed by atoms with Crippen LogP contribution in [0.4, 0.5) is 0 Å². The molecule has 23 heavy (non-hydrogen) atoms. The average molecular weight is 316 g/mol. The number of morpholine rings is 1. The van der Waals surface area contributed by atoms with Gasteiger partial charge >= 0.3 is 0 Å². The first-order valence-electron chi connectivity index (χ1n) is 7.98. The van der Waals surface area contributed by atoms with E-state index in [2.05, 4.69) is 15.1 Å². The molecular weight excluding hydrogens is 296 g/mol. The molecule has 7 nitrogen and oxygen atoms in total. The van der Waals surface area contributed by atoms with Crippen LogP contribution in [0, 0.1) is 0 Å². The second kappa shape index (κ2) is 6.17. The fraction of sp³-hybridized carbons (Fsp3) is 0.500. The van der Waals surface area contributed by atoms with Crippen molar-refractivity contribution in [3.63, 3.8) is 0 Å². The Morgan fingerprint density at radius 3 is 2.96 bits per heavy atom. The van der Waals surface area contributed by atoms with Crippen molar-refractivity contribution < 1.29 is 13.9 Å². The van der Waals surface area contributed by atoms with Crippen LogP contribution in [0.5, 0.6) is 0 Å². The van der Waals surface area contributed by atoms with E-state index in [4.69, 9.17) is 9.15 Å². The van der Waals surface area contributed by atoms with Crippen molar-refractivity contribution in [2.24, 2.45) is 0 Å². The van der Waals surface area contributed by atoms with Crippen LogP contribution >= 0.6 is 0 Å². The summed E-state index contributed by atoms with van der Waals surface area (Å²) in [6, 6.07) is 1.98. The molecule has 2 aromatic heterocycles. The fourth-order valence-electron chi connectivity index (χ4n) is 3.24. The topological polar surface area (TPSA) is 74.6 Å². The summed E-state index contributed by atoms with van der Waals surface area (Å²) in [4.78, 5) is 16.8. The maximum atomic E-state index is 12.6. The van der Waals surface area contributed by atoms with Crippen LogP contribution in [-0.2, 0) is 24.2 Å². The average Bonchev–Trinajstić information content (AvgIpc) is 3.24. The van der Waals surface area contributed by atoms with E-state index in [0.717, 1.165) is 42.9 Å². The minimum atomic E-state index is 0.0223. The molecule has 4 rings (SSSR count). The molecule has 0 unspecified atom stereocenters. The summed E-state index contributed by atoms with van der Waals surface area (Å²) >= 11 is 0. The Hall–Kier alpha value is -2.12. The van der Waals surface area contributed by atoms with Gasteiger partial charge in [-0.2, -0.15) is 5.10 Å². The largest absolute Gasteiger partial charge is 0.472 e. The minimum Gasteiger partial charge on any atom is -0.472 e. The lowest BCUT2D eigenvalue weighted by Crippen LogP contribution is -2.41. The van der Waals surface area contributed by atoms with E-state index in [1.165, 1.54) is 0 Å². The van der Waals surface area contributed by atoms with Gasteiger partial charge in [-0.1, -0.05) is 0 Å². The Bertz CT molecular complexity index is 674. The van der Waals surface area contributed by atoms with Crippen LogP contribution in [0.2, 0.25) is 0 Å². The number of carbonyl (C=O) groups is 1. The van der Waals surface area contributed by atoms with Gasteiger partial charge in [-0.15, -0.1) is 0 Å². The molecule has 1 amide bonds. The summed E-state index contributed by atoms with van der Waals surface area (Å²) in [6.07, 6.45) is 4.31. The summed E-state index contributed by atoms with van der Waals surface area (Å²) in [6.45, 7) is 5.06. The van der Waals surface area contributed by atoms with Gasteiger partial charge in [0.2, 0.25) is 0 Å². The molecule has 0 aliphatic carbocycles. The zero-order valence-corrected chi connectivity index (χ0v) is 13.0. The van der Waals surface area contributed by atoms with Crippen molar-refractivity contribution in [2.75, 3.05) is 32.8 Å². The third-order valence-corrected chi connectivity index (χ3v) is 4.50. The number of hydrogen-bond acceptors (Lipinski definition) is 5. The summed E-state index contributed by atoms with van der Waals surface area (Å²) in [7, 11) is 0. The highest BCUT2D eigenvalue weighted by molar-refractivity contribution is 5.94. The Morgan fingerprint density at radius 2 is 2.17 bits per heavy atom. The van der Waals surface area contributed by atoms with Crippen LogP contribution < -0.4 is 0 Å². The molecular formula is C16H20N4O3. The third kappa shape index (κ3) is 2.89. The van der Waals surface area contributed by atoms with Gasteiger partial charge < -0.3 is 14.1 Å². The number of rotatable bonds is 3. The normalized spacial score (nSPS) is 18.9. The first-order valence-corrected chi connectivity index (χ1v) is 7.98. The number of aromatic amines is 1. The van der Waals surface area contributed by atoms with Crippen molar-refractivity contribution in [1.29, 1.82) is 0 Å². The van der Waals surface area contributed by atoms with Crippen LogP contribution in [-0.4, -0.2) is 58.8 Å². The second-order valence-corrected chi connectivity index (χ2v) is 6.03. The number of carbonyl (C=O) groups excluding carboxylic acids is 1. The van der Waals surface area contributed by atoms with E-state index >= 15 is 0 Å². The molecule has 0 spiro atoms. The van der Waals surface area contributed by atoms with E-state index in [0.29, 0.717) is 32.0 Å². The molecule has 2 aliphatic rings. The lowest BCUT2D eigenvalue weighted by atomic mass is 10.0. The molecule has 2 aliphatic heterocycles. The predicted octanol–water partition coefficient (Wildman–Crippen LogP) is 1.03. The molecule has 1 saturated heterocycles. The van der Waals surface area contributed by atoms with Gasteiger partial charge in [-0.05, 0) is 12.5 Å². The highest BCUT2D eigenvalue weighted by Gasteiger charge is 2.28. The predicted molar refractivity (Wildman–Crippen MR) is 81.8 cm³/mol. The molecule has 1 fully saturated rings. The van der Waals surface area contributed by atoms with E-state index in [-0.39, 0.29) is 5.91 Å². The summed E-state index contributed by atoms with van der Waals surface area (Å²) < 4.78 is 10.4. The van der Waals surface area contributed by atoms with E-state index in [9.17, 15) is 4.79 Å². The standard InChI is InChI=1S/C16H20N4O3/c21-16(20-4-7-22-8-5-20)15-13-1-3-19(10-14(13)17-18-15)9-12-2-6-23-11-12/h2,6,11H,1,3-5,7-10H2,(H,17,18). The maximum Gasteiger partial charge on any atom is 0.274 e. The molecule has 7 heteroatoms. The Morgan fingerprint density at radius 1 is 1.30 bits per heavy atom. The first kappa shape index (κ1) is 14.5. The van der Waals surface area contributed by atoms with Gasteiger partial charge in [0.1, 0.15) is 0 Å². The van der Waals surface area contributed by atoms with Crippen molar-refractivity contribution in [3.05, 3.63) is 41.1 Å². The Kier molecular flexibility index (Phi) is 3.88. The van der Waals surface area contributed by atoms with E-state index in [1.807, 2.05) is 11.0 Å². The van der Waals surface area contributed by atoms with Crippen LogP contribution in [0.25, 0.3) is 0 Å². The quantitative estimate of drug-likeness (QED) is 0.915. The fourth-order valence-corrected chi connectivity index (χ4v) is 3.24. The van der Waals surface area contributed by atoms with Gasteiger partial charge in [0.15, 0.2) is 5.69 Å². The van der Waals surface area contributed by atoms with Gasteiger partial charge in [-0.3, -0.25) is 14.8 Å². The number of amides is 1. The number of furan rings is 1. The molecule has 0 bridgehead atoms. The number of fused-ring (bicyclic) bond motifs is 1. The Balaban J connectivity index is 1.47.